The van der Waals surface area contributed by atoms with Crippen molar-refractivity contribution >= 4 is 33.7 Å². The summed E-state index contributed by atoms with van der Waals surface area (Å²) >= 11 is 0. The van der Waals surface area contributed by atoms with Gasteiger partial charge in [-0.1, -0.05) is 32.9 Å². The van der Waals surface area contributed by atoms with Gasteiger partial charge in [0, 0.05) is 47.0 Å². The summed E-state index contributed by atoms with van der Waals surface area (Å²) < 4.78 is 28.7. The lowest BCUT2D eigenvalue weighted by molar-refractivity contribution is -0.117. The molecule has 0 spiro atoms. The van der Waals surface area contributed by atoms with Crippen molar-refractivity contribution in [3.05, 3.63) is 78.8 Å². The van der Waals surface area contributed by atoms with Crippen molar-refractivity contribution < 1.29 is 13.6 Å². The fourth-order valence-corrected chi connectivity index (χ4v) is 4.68. The highest BCUT2D eigenvalue weighted by Gasteiger charge is 2.19. The maximum Gasteiger partial charge on any atom is 0.224 e. The number of H-pyrrole nitrogens is 2. The Hall–Kier alpha value is -4.99. The van der Waals surface area contributed by atoms with Crippen molar-refractivity contribution in [3.8, 4) is 33.8 Å². The summed E-state index contributed by atoms with van der Waals surface area (Å²) in [6.45, 7) is 5.95. The summed E-state index contributed by atoms with van der Waals surface area (Å²) in [4.78, 5) is 28.9. The van der Waals surface area contributed by atoms with E-state index in [2.05, 4.69) is 35.5 Å². The van der Waals surface area contributed by atoms with E-state index >= 15 is 4.39 Å². The average Bonchev–Trinajstić information content (AvgIpc) is 3.51. The summed E-state index contributed by atoms with van der Waals surface area (Å²) in [7, 11) is 0. The van der Waals surface area contributed by atoms with Gasteiger partial charge in [-0.15, -0.1) is 0 Å². The topological polar surface area (TPSA) is 112 Å². The van der Waals surface area contributed by atoms with Gasteiger partial charge in [0.25, 0.3) is 0 Å². The number of hydrogen-bond donors (Lipinski definition) is 3. The van der Waals surface area contributed by atoms with E-state index in [-0.39, 0.29) is 17.1 Å². The van der Waals surface area contributed by atoms with Crippen LogP contribution in [0.3, 0.4) is 0 Å². The van der Waals surface area contributed by atoms with Gasteiger partial charge in [0.2, 0.25) is 5.91 Å². The van der Waals surface area contributed by atoms with Crippen LogP contribution in [-0.2, 0) is 4.79 Å². The Morgan fingerprint density at radius 2 is 1.77 bits per heavy atom. The van der Waals surface area contributed by atoms with E-state index in [0.29, 0.717) is 56.8 Å². The predicted octanol–water partition coefficient (Wildman–Crippen LogP) is 6.88. The number of hydrogen-bond acceptors (Lipinski definition) is 5. The number of halogens is 2. The molecule has 0 aliphatic heterocycles. The standard InChI is InChI=1S/C30H25F2N7O/c1-30(2,3)13-25(40)35-19-10-17(14-33-15-19)21-11-22-24(12-23(21)32)38-39-27(22)29-36-26-20(8-9-34-28(26)37-29)16-4-6-18(31)7-5-16/h4-12,14-15H,13H2,1-3H3,(H,35,40)(H,38,39)(H,34,36,37). The fraction of sp³-hybridized carbons (Fsp3) is 0.167. The van der Waals surface area contributed by atoms with Crippen molar-refractivity contribution in [2.75, 3.05) is 5.32 Å². The smallest absolute Gasteiger partial charge is 0.224 e. The lowest BCUT2D eigenvalue weighted by Crippen LogP contribution is -2.19. The Labute approximate surface area is 227 Å². The number of carbonyl (C=O) groups is 1. The number of pyridine rings is 2. The first-order valence-electron chi connectivity index (χ1n) is 12.7. The van der Waals surface area contributed by atoms with Gasteiger partial charge in [-0.25, -0.2) is 18.7 Å². The molecule has 4 heterocycles. The molecule has 3 N–H and O–H groups in total. The molecule has 2 aromatic carbocycles. The molecule has 8 nitrogen and oxygen atoms in total. The molecule has 10 heteroatoms. The minimum Gasteiger partial charge on any atom is -0.335 e. The summed E-state index contributed by atoms with van der Waals surface area (Å²) in [6.07, 6.45) is 5.06. The zero-order chi connectivity index (χ0) is 28.0. The minimum absolute atomic E-state index is 0.141. The van der Waals surface area contributed by atoms with Gasteiger partial charge in [0.1, 0.15) is 17.3 Å². The third-order valence-corrected chi connectivity index (χ3v) is 6.45. The molecule has 0 atom stereocenters. The zero-order valence-electron chi connectivity index (χ0n) is 22.0. The van der Waals surface area contributed by atoms with E-state index in [1.165, 1.54) is 24.4 Å². The maximum absolute atomic E-state index is 15.2. The van der Waals surface area contributed by atoms with Crippen LogP contribution in [0.4, 0.5) is 14.5 Å². The van der Waals surface area contributed by atoms with Crippen LogP contribution in [0.15, 0.2) is 67.1 Å². The normalized spacial score (nSPS) is 11.8. The van der Waals surface area contributed by atoms with Crippen molar-refractivity contribution in [2.45, 2.75) is 27.2 Å². The first kappa shape index (κ1) is 25.3. The second-order valence-electron chi connectivity index (χ2n) is 10.8. The summed E-state index contributed by atoms with van der Waals surface area (Å²) in [5, 5.41) is 10.8. The highest BCUT2D eigenvalue weighted by atomic mass is 19.1. The van der Waals surface area contributed by atoms with E-state index < -0.39 is 5.82 Å². The SMILES string of the molecule is CC(C)(C)CC(=O)Nc1cncc(-c2cc3c(-c4nc5nccc(-c6ccc(F)cc6)c5[nH]4)n[nH]c3cc2F)c1. The fourth-order valence-electron chi connectivity index (χ4n) is 4.68. The third kappa shape index (κ3) is 4.91. The van der Waals surface area contributed by atoms with Crippen LogP contribution < -0.4 is 5.32 Å². The number of amides is 1. The number of benzene rings is 2. The molecular weight excluding hydrogens is 512 g/mol. The summed E-state index contributed by atoms with van der Waals surface area (Å²) in [5.74, 6) is -0.480. The molecule has 6 aromatic rings. The van der Waals surface area contributed by atoms with E-state index in [4.69, 9.17) is 0 Å². The quantitative estimate of drug-likeness (QED) is 0.222. The number of aromatic nitrogens is 6. The van der Waals surface area contributed by atoms with Gasteiger partial charge < -0.3 is 10.3 Å². The van der Waals surface area contributed by atoms with E-state index in [1.54, 1.807) is 36.7 Å². The molecule has 0 saturated carbocycles. The van der Waals surface area contributed by atoms with Crippen LogP contribution >= 0.6 is 0 Å². The first-order valence-corrected chi connectivity index (χ1v) is 12.7. The highest BCUT2D eigenvalue weighted by molar-refractivity contribution is 5.98. The molecule has 0 fully saturated rings. The second kappa shape index (κ2) is 9.64. The van der Waals surface area contributed by atoms with Crippen LogP contribution in [0.5, 0.6) is 0 Å². The van der Waals surface area contributed by atoms with Crippen LogP contribution in [0.2, 0.25) is 0 Å². The van der Waals surface area contributed by atoms with Gasteiger partial charge in [0.05, 0.1) is 22.9 Å². The number of nitrogens with one attached hydrogen (secondary N) is 3. The van der Waals surface area contributed by atoms with Crippen molar-refractivity contribution in [1.29, 1.82) is 0 Å². The number of rotatable bonds is 5. The number of nitrogens with zero attached hydrogens (tertiary/aromatic N) is 4. The van der Waals surface area contributed by atoms with Gasteiger partial charge >= 0.3 is 0 Å². The maximum atomic E-state index is 15.2. The Morgan fingerprint density at radius 1 is 0.975 bits per heavy atom. The van der Waals surface area contributed by atoms with E-state index in [1.807, 2.05) is 26.8 Å². The highest BCUT2D eigenvalue weighted by Crippen LogP contribution is 2.34. The van der Waals surface area contributed by atoms with Crippen molar-refractivity contribution in [2.24, 2.45) is 5.41 Å². The van der Waals surface area contributed by atoms with Crippen LogP contribution in [0.1, 0.15) is 27.2 Å². The van der Waals surface area contributed by atoms with Gasteiger partial charge in [-0.2, -0.15) is 5.10 Å². The van der Waals surface area contributed by atoms with Crippen molar-refractivity contribution in [3.63, 3.8) is 0 Å². The number of fused-ring (bicyclic) bond motifs is 2. The Balaban J connectivity index is 1.39. The summed E-state index contributed by atoms with van der Waals surface area (Å²) in [6, 6.07) is 12.8. The Bertz CT molecular complexity index is 1880. The lowest BCUT2D eigenvalue weighted by Gasteiger charge is -2.17. The molecule has 0 saturated heterocycles. The van der Waals surface area contributed by atoms with Gasteiger partial charge in [-0.3, -0.25) is 14.9 Å². The molecule has 6 rings (SSSR count). The molecule has 1 amide bonds. The number of carbonyl (C=O) groups excluding carboxylic acids is 1. The number of anilines is 1. The number of aromatic amines is 2. The zero-order valence-corrected chi connectivity index (χ0v) is 22.0. The van der Waals surface area contributed by atoms with Gasteiger partial charge in [-0.05, 0) is 41.3 Å². The molecule has 200 valence electrons. The molecule has 0 bridgehead atoms. The molecule has 0 unspecified atom stereocenters. The third-order valence-electron chi connectivity index (χ3n) is 6.45. The van der Waals surface area contributed by atoms with Crippen LogP contribution in [0, 0.1) is 17.0 Å². The molecule has 4 aromatic heterocycles. The minimum atomic E-state index is -0.465. The second-order valence-corrected chi connectivity index (χ2v) is 10.8. The predicted molar refractivity (Wildman–Crippen MR) is 150 cm³/mol. The molecule has 0 aliphatic rings. The molecular formula is C30H25F2N7O. The number of imidazole rings is 1. The van der Waals surface area contributed by atoms with Crippen LogP contribution in [-0.4, -0.2) is 36.0 Å². The molecule has 0 aliphatic carbocycles. The largest absolute Gasteiger partial charge is 0.335 e. The van der Waals surface area contributed by atoms with Gasteiger partial charge in [0.15, 0.2) is 11.5 Å². The average molecular weight is 538 g/mol. The molecule has 40 heavy (non-hydrogen) atoms. The summed E-state index contributed by atoms with van der Waals surface area (Å²) in [5.41, 5.74) is 4.86. The van der Waals surface area contributed by atoms with Crippen molar-refractivity contribution in [1.82, 2.24) is 30.1 Å². The lowest BCUT2D eigenvalue weighted by atomic mass is 9.92. The van der Waals surface area contributed by atoms with Crippen LogP contribution in [0.25, 0.3) is 55.8 Å². The first-order chi connectivity index (χ1) is 19.1. The van der Waals surface area contributed by atoms with E-state index in [0.717, 1.165) is 11.1 Å². The monoisotopic (exact) mass is 537 g/mol. The Morgan fingerprint density at radius 3 is 2.55 bits per heavy atom. The Kier molecular flexibility index (Phi) is 6.10. The van der Waals surface area contributed by atoms with E-state index in [9.17, 15) is 9.18 Å². The molecule has 0 radical (unpaired) electrons.